The number of rotatable bonds is 5. The van der Waals surface area contributed by atoms with Crippen LogP contribution in [0.15, 0.2) is 35.2 Å². The number of thioether (sulfide) groups is 1. The number of nitriles is 1. The topological polar surface area (TPSA) is 62.1 Å². The molecule has 0 atom stereocenters. The van der Waals surface area contributed by atoms with Crippen LogP contribution in [0.5, 0.6) is 5.75 Å². The number of nitrogens with one attached hydrogen (secondary N) is 1. The van der Waals surface area contributed by atoms with Crippen LogP contribution in [0.3, 0.4) is 0 Å². The molecule has 0 aliphatic carbocycles. The van der Waals surface area contributed by atoms with Gasteiger partial charge in [0.25, 0.3) is 5.91 Å². The maximum Gasteiger partial charge on any atom is 0.262 e. The number of carbonyl (C=O) groups is 1. The molecule has 0 unspecified atom stereocenters. The van der Waals surface area contributed by atoms with Crippen molar-refractivity contribution in [3.63, 3.8) is 0 Å². The van der Waals surface area contributed by atoms with E-state index in [1.165, 1.54) is 12.1 Å². The third-order valence-corrected chi connectivity index (χ3v) is 4.04. The highest BCUT2D eigenvalue weighted by atomic mass is 35.5. The summed E-state index contributed by atoms with van der Waals surface area (Å²) in [6.07, 6.45) is 0. The van der Waals surface area contributed by atoms with Crippen LogP contribution in [-0.4, -0.2) is 12.5 Å². The largest absolute Gasteiger partial charge is 0.482 e. The van der Waals surface area contributed by atoms with E-state index in [1.807, 2.05) is 31.4 Å². The Labute approximate surface area is 148 Å². The highest BCUT2D eigenvalue weighted by molar-refractivity contribution is 8.03. The fourth-order valence-electron chi connectivity index (χ4n) is 2.14. The number of halogens is 2. The molecule has 0 heterocycles. The van der Waals surface area contributed by atoms with Crippen LogP contribution in [0.25, 0.3) is 0 Å². The minimum Gasteiger partial charge on any atom is -0.482 e. The van der Waals surface area contributed by atoms with Crippen molar-refractivity contribution >= 4 is 35.0 Å². The number of nitrogens with zero attached hydrogens (tertiary/aromatic N) is 1. The fourth-order valence-corrected chi connectivity index (χ4v) is 2.94. The van der Waals surface area contributed by atoms with Gasteiger partial charge in [0.1, 0.15) is 17.0 Å². The molecule has 7 heteroatoms. The zero-order chi connectivity index (χ0) is 17.7. The number of aryl methyl sites for hydroxylation is 2. The minimum atomic E-state index is -0.474. The summed E-state index contributed by atoms with van der Waals surface area (Å²) < 4.78 is 18.3. The number of benzene rings is 2. The van der Waals surface area contributed by atoms with E-state index in [9.17, 15) is 9.18 Å². The number of ether oxygens (including phenoxy) is 1. The molecule has 0 saturated carbocycles. The first-order valence-corrected chi connectivity index (χ1v) is 8.15. The number of hydrogen-bond donors (Lipinski definition) is 1. The Kier molecular flexibility index (Phi) is 6.07. The van der Waals surface area contributed by atoms with Crippen LogP contribution in [0.4, 0.5) is 10.1 Å². The van der Waals surface area contributed by atoms with Crippen LogP contribution >= 0.6 is 23.4 Å². The van der Waals surface area contributed by atoms with E-state index in [0.29, 0.717) is 5.69 Å². The van der Waals surface area contributed by atoms with E-state index in [4.69, 9.17) is 21.6 Å². The lowest BCUT2D eigenvalue weighted by molar-refractivity contribution is -0.118. The van der Waals surface area contributed by atoms with Crippen LogP contribution in [-0.2, 0) is 4.79 Å². The number of thiocyanates is 1. The number of anilines is 1. The van der Waals surface area contributed by atoms with E-state index < -0.39 is 5.82 Å². The quantitative estimate of drug-likeness (QED) is 0.617. The first-order valence-electron chi connectivity index (χ1n) is 6.95. The van der Waals surface area contributed by atoms with Crippen LogP contribution in [0, 0.1) is 30.3 Å². The molecule has 0 aromatic heterocycles. The van der Waals surface area contributed by atoms with Gasteiger partial charge in [-0.3, -0.25) is 4.79 Å². The lowest BCUT2D eigenvalue weighted by Crippen LogP contribution is -2.21. The third-order valence-electron chi connectivity index (χ3n) is 3.19. The molecule has 0 bridgehead atoms. The standard InChI is InChI=1S/C17H14ClFN2O2S/c1-10-5-13(24-9-20)6-11(2)17(10)21-16(22)8-23-15-4-3-12(19)7-14(15)18/h3-7H,8H2,1-2H3,(H,21,22). The Balaban J connectivity index is 2.03. The SMILES string of the molecule is Cc1cc(SC#N)cc(C)c1NC(=O)COc1ccc(F)cc1Cl. The average Bonchev–Trinajstić information content (AvgIpc) is 2.50. The molecule has 4 nitrogen and oxygen atoms in total. The van der Waals surface area contributed by atoms with Crippen molar-refractivity contribution in [2.24, 2.45) is 0 Å². The molecule has 0 saturated heterocycles. The Bertz CT molecular complexity index is 798. The molecule has 0 spiro atoms. The van der Waals surface area contributed by atoms with Gasteiger partial charge in [-0.1, -0.05) is 11.6 Å². The molecule has 0 aliphatic rings. The molecule has 1 amide bonds. The minimum absolute atomic E-state index is 0.105. The first kappa shape index (κ1) is 18.1. The summed E-state index contributed by atoms with van der Waals surface area (Å²) in [5, 5.41) is 13.6. The van der Waals surface area contributed by atoms with E-state index in [1.54, 1.807) is 0 Å². The van der Waals surface area contributed by atoms with E-state index >= 15 is 0 Å². The predicted octanol–water partition coefficient (Wildman–Crippen LogP) is 4.69. The Morgan fingerprint density at radius 2 is 2.00 bits per heavy atom. The normalized spacial score (nSPS) is 10.1. The predicted molar refractivity (Wildman–Crippen MR) is 92.9 cm³/mol. The fraction of sp³-hybridized carbons (Fsp3) is 0.176. The molecule has 2 aromatic rings. The molecule has 0 aliphatic heterocycles. The summed E-state index contributed by atoms with van der Waals surface area (Å²) in [6, 6.07) is 7.35. The zero-order valence-corrected chi connectivity index (χ0v) is 14.6. The second-order valence-corrected chi connectivity index (χ2v) is 6.30. The van der Waals surface area contributed by atoms with Crippen molar-refractivity contribution in [2.75, 3.05) is 11.9 Å². The molecule has 2 rings (SSSR count). The molecule has 2 aromatic carbocycles. The van der Waals surface area contributed by atoms with Crippen molar-refractivity contribution in [3.05, 3.63) is 52.3 Å². The molecule has 0 radical (unpaired) electrons. The van der Waals surface area contributed by atoms with Crippen LogP contribution < -0.4 is 10.1 Å². The van der Waals surface area contributed by atoms with Crippen molar-refractivity contribution in [1.29, 1.82) is 5.26 Å². The summed E-state index contributed by atoms with van der Waals surface area (Å²) in [4.78, 5) is 12.9. The van der Waals surface area contributed by atoms with Gasteiger partial charge in [0.2, 0.25) is 0 Å². The number of amides is 1. The maximum atomic E-state index is 13.0. The molecule has 24 heavy (non-hydrogen) atoms. The average molecular weight is 365 g/mol. The van der Waals surface area contributed by atoms with Gasteiger partial charge in [0.15, 0.2) is 6.61 Å². The Morgan fingerprint density at radius 3 is 2.58 bits per heavy atom. The summed E-state index contributed by atoms with van der Waals surface area (Å²) in [5.41, 5.74) is 2.37. The van der Waals surface area contributed by atoms with Crippen molar-refractivity contribution in [1.82, 2.24) is 0 Å². The van der Waals surface area contributed by atoms with Gasteiger partial charge in [0.05, 0.1) is 5.02 Å². The first-order chi connectivity index (χ1) is 11.4. The Hall–Kier alpha value is -2.23. The van der Waals surface area contributed by atoms with Crippen molar-refractivity contribution in [2.45, 2.75) is 18.7 Å². The summed E-state index contributed by atoms with van der Waals surface area (Å²) in [5.74, 6) is -0.594. The van der Waals surface area contributed by atoms with Crippen LogP contribution in [0.2, 0.25) is 5.02 Å². The van der Waals surface area contributed by atoms with Gasteiger partial charge in [0, 0.05) is 10.6 Å². The number of carbonyl (C=O) groups excluding carboxylic acids is 1. The van der Waals surface area contributed by atoms with Gasteiger partial charge in [-0.05, 0) is 67.1 Å². The molecule has 1 N–H and O–H groups in total. The van der Waals surface area contributed by atoms with Crippen molar-refractivity contribution in [3.8, 4) is 11.2 Å². The number of hydrogen-bond acceptors (Lipinski definition) is 4. The lowest BCUT2D eigenvalue weighted by Gasteiger charge is -2.13. The van der Waals surface area contributed by atoms with Gasteiger partial charge in [-0.15, -0.1) is 0 Å². The van der Waals surface area contributed by atoms with Gasteiger partial charge >= 0.3 is 0 Å². The molecule has 124 valence electrons. The van der Waals surface area contributed by atoms with E-state index in [2.05, 4.69) is 5.32 Å². The summed E-state index contributed by atoms with van der Waals surface area (Å²) in [7, 11) is 0. The molecule has 0 fully saturated rings. The second kappa shape index (κ2) is 8.04. The summed E-state index contributed by atoms with van der Waals surface area (Å²) in [6.45, 7) is 3.45. The second-order valence-electron chi connectivity index (χ2n) is 5.04. The highest BCUT2D eigenvalue weighted by Crippen LogP contribution is 2.28. The van der Waals surface area contributed by atoms with Gasteiger partial charge in [-0.25, -0.2) is 4.39 Å². The summed E-state index contributed by atoms with van der Waals surface area (Å²) >= 11 is 6.91. The lowest BCUT2D eigenvalue weighted by atomic mass is 10.1. The monoisotopic (exact) mass is 364 g/mol. The highest BCUT2D eigenvalue weighted by Gasteiger charge is 2.11. The van der Waals surface area contributed by atoms with Gasteiger partial charge in [-0.2, -0.15) is 5.26 Å². The van der Waals surface area contributed by atoms with Gasteiger partial charge < -0.3 is 10.1 Å². The Morgan fingerprint density at radius 1 is 1.33 bits per heavy atom. The molecular formula is C17H14ClFN2O2S. The maximum absolute atomic E-state index is 13.0. The smallest absolute Gasteiger partial charge is 0.262 e. The van der Waals surface area contributed by atoms with Crippen molar-refractivity contribution < 1.29 is 13.9 Å². The van der Waals surface area contributed by atoms with E-state index in [0.717, 1.165) is 33.9 Å². The molecular weight excluding hydrogens is 351 g/mol. The zero-order valence-electron chi connectivity index (χ0n) is 13.0. The third kappa shape index (κ3) is 4.63. The van der Waals surface area contributed by atoms with Crippen LogP contribution in [0.1, 0.15) is 11.1 Å². The van der Waals surface area contributed by atoms with E-state index in [-0.39, 0.29) is 23.3 Å².